The Labute approximate surface area is 170 Å². The zero-order chi connectivity index (χ0) is 20.5. The number of carbonyl (C=O) groups is 1. The van der Waals surface area contributed by atoms with Crippen LogP contribution in [0.15, 0.2) is 18.3 Å². The predicted molar refractivity (Wildman–Crippen MR) is 114 cm³/mol. The van der Waals surface area contributed by atoms with Gasteiger partial charge in [0.05, 0.1) is 27.7 Å². The average Bonchev–Trinajstić information content (AvgIpc) is 3.17. The van der Waals surface area contributed by atoms with Crippen molar-refractivity contribution in [1.29, 1.82) is 0 Å². The average molecular weight is 400 g/mol. The minimum atomic E-state index is -0.419. The largest absolute Gasteiger partial charge is 0.460 e. The number of carbonyl (C=O) groups excluding carboxylic acids is 1. The van der Waals surface area contributed by atoms with Crippen molar-refractivity contribution < 1.29 is 9.53 Å². The molecule has 3 aromatic heterocycles. The van der Waals surface area contributed by atoms with Gasteiger partial charge >= 0.3 is 5.97 Å². The molecule has 0 bridgehead atoms. The smallest absolute Gasteiger partial charge is 0.306 e. The summed E-state index contributed by atoms with van der Waals surface area (Å²) in [4.78, 5) is 23.8. The highest BCUT2D eigenvalue weighted by Crippen LogP contribution is 2.33. The maximum absolute atomic E-state index is 11.9. The second-order valence-corrected chi connectivity index (χ2v) is 9.30. The lowest BCUT2D eigenvalue weighted by Gasteiger charge is -2.19. The highest BCUT2D eigenvalue weighted by atomic mass is 32.1. The third-order valence-corrected chi connectivity index (χ3v) is 5.57. The number of aromatic nitrogens is 3. The zero-order valence-corrected chi connectivity index (χ0v) is 18.4. The lowest BCUT2D eigenvalue weighted by atomic mass is 10.2. The van der Waals surface area contributed by atoms with Crippen LogP contribution >= 0.6 is 11.3 Å². The van der Waals surface area contributed by atoms with E-state index in [1.165, 1.54) is 9.75 Å². The Kier molecular flexibility index (Phi) is 5.89. The SMILES string of the molecule is CCc1nc2c(C)nc(C)cn2c1-c1ccc(CCCC(=O)OC(C)(C)C)s1. The van der Waals surface area contributed by atoms with Crippen molar-refractivity contribution in [1.82, 2.24) is 14.4 Å². The number of fused-ring (bicyclic) bond motifs is 1. The summed E-state index contributed by atoms with van der Waals surface area (Å²) in [6.07, 6.45) is 5.06. The van der Waals surface area contributed by atoms with E-state index in [1.807, 2.05) is 34.6 Å². The Balaban J connectivity index is 1.78. The van der Waals surface area contributed by atoms with Gasteiger partial charge in [-0.05, 0) is 66.0 Å². The fourth-order valence-corrected chi connectivity index (χ4v) is 4.45. The summed E-state index contributed by atoms with van der Waals surface area (Å²) in [5, 5.41) is 0. The summed E-state index contributed by atoms with van der Waals surface area (Å²) in [5.41, 5.74) is 4.71. The second-order valence-electron chi connectivity index (χ2n) is 8.13. The van der Waals surface area contributed by atoms with Crippen molar-refractivity contribution in [3.05, 3.63) is 40.3 Å². The van der Waals surface area contributed by atoms with Gasteiger partial charge in [-0.1, -0.05) is 6.92 Å². The van der Waals surface area contributed by atoms with Crippen molar-refractivity contribution in [2.24, 2.45) is 0 Å². The number of imidazole rings is 1. The van der Waals surface area contributed by atoms with Crippen LogP contribution in [0.25, 0.3) is 16.2 Å². The van der Waals surface area contributed by atoms with Crippen LogP contribution in [-0.4, -0.2) is 25.9 Å². The topological polar surface area (TPSA) is 56.5 Å². The summed E-state index contributed by atoms with van der Waals surface area (Å²) in [6, 6.07) is 4.33. The number of ether oxygens (including phenoxy) is 1. The Bertz CT molecular complexity index is 995. The molecule has 3 rings (SSSR count). The number of esters is 1. The molecule has 0 saturated heterocycles. The molecule has 150 valence electrons. The fraction of sp³-hybridized carbons (Fsp3) is 0.500. The summed E-state index contributed by atoms with van der Waals surface area (Å²) >= 11 is 1.78. The standard InChI is InChI=1S/C22H29N3O2S/c1-7-17-20(25-13-14(2)23-15(3)21(25)24-17)18-12-11-16(28-18)9-8-10-19(26)27-22(4,5)6/h11-13H,7-10H2,1-6H3. The van der Waals surface area contributed by atoms with Gasteiger partial charge in [-0.3, -0.25) is 14.2 Å². The Morgan fingerprint density at radius 1 is 1.21 bits per heavy atom. The van der Waals surface area contributed by atoms with Gasteiger partial charge in [0.1, 0.15) is 5.60 Å². The van der Waals surface area contributed by atoms with Gasteiger partial charge in [0, 0.05) is 17.5 Å². The van der Waals surface area contributed by atoms with E-state index in [0.29, 0.717) is 6.42 Å². The maximum atomic E-state index is 11.9. The van der Waals surface area contributed by atoms with E-state index in [9.17, 15) is 4.79 Å². The molecule has 0 aromatic carbocycles. The molecule has 0 amide bonds. The molecule has 0 fully saturated rings. The van der Waals surface area contributed by atoms with Gasteiger partial charge < -0.3 is 4.74 Å². The third kappa shape index (κ3) is 4.61. The number of rotatable bonds is 6. The summed E-state index contributed by atoms with van der Waals surface area (Å²) in [6.45, 7) is 11.9. The molecule has 0 unspecified atom stereocenters. The second kappa shape index (κ2) is 8.03. The molecule has 0 aliphatic rings. The number of hydrogen-bond donors (Lipinski definition) is 0. The van der Waals surface area contributed by atoms with Crippen molar-refractivity contribution in [2.75, 3.05) is 0 Å². The Morgan fingerprint density at radius 2 is 1.96 bits per heavy atom. The van der Waals surface area contributed by atoms with Crippen LogP contribution in [0.5, 0.6) is 0 Å². The minimum Gasteiger partial charge on any atom is -0.460 e. The van der Waals surface area contributed by atoms with Crippen molar-refractivity contribution in [3.63, 3.8) is 0 Å². The van der Waals surface area contributed by atoms with Gasteiger partial charge in [-0.25, -0.2) is 4.98 Å². The van der Waals surface area contributed by atoms with E-state index >= 15 is 0 Å². The van der Waals surface area contributed by atoms with Gasteiger partial charge in [0.15, 0.2) is 5.65 Å². The van der Waals surface area contributed by atoms with E-state index in [2.05, 4.69) is 34.6 Å². The van der Waals surface area contributed by atoms with Gasteiger partial charge in [0.25, 0.3) is 0 Å². The molecule has 0 radical (unpaired) electrons. The molecular weight excluding hydrogens is 370 g/mol. The molecule has 3 aromatic rings. The van der Waals surface area contributed by atoms with Crippen molar-refractivity contribution >= 4 is 23.0 Å². The first kappa shape index (κ1) is 20.5. The zero-order valence-electron chi connectivity index (χ0n) is 17.6. The normalized spacial score (nSPS) is 11.9. The first-order chi connectivity index (χ1) is 13.2. The highest BCUT2D eigenvalue weighted by molar-refractivity contribution is 7.15. The van der Waals surface area contributed by atoms with Crippen molar-refractivity contribution in [2.45, 2.75) is 72.8 Å². The number of nitrogens with zero attached hydrogens (tertiary/aromatic N) is 3. The molecule has 0 atom stereocenters. The van der Waals surface area contributed by atoms with Crippen LogP contribution in [-0.2, 0) is 22.4 Å². The van der Waals surface area contributed by atoms with E-state index in [1.54, 1.807) is 11.3 Å². The molecule has 0 spiro atoms. The van der Waals surface area contributed by atoms with E-state index in [4.69, 9.17) is 9.72 Å². The number of aryl methyl sites for hydroxylation is 4. The van der Waals surface area contributed by atoms with Crippen LogP contribution in [0.2, 0.25) is 0 Å². The van der Waals surface area contributed by atoms with E-state index in [0.717, 1.165) is 47.7 Å². The van der Waals surface area contributed by atoms with Crippen LogP contribution in [0, 0.1) is 13.8 Å². The lowest BCUT2D eigenvalue weighted by molar-refractivity contribution is -0.154. The Morgan fingerprint density at radius 3 is 2.64 bits per heavy atom. The van der Waals surface area contributed by atoms with Crippen molar-refractivity contribution in [3.8, 4) is 10.6 Å². The monoisotopic (exact) mass is 399 g/mol. The van der Waals surface area contributed by atoms with Crippen LogP contribution < -0.4 is 0 Å². The first-order valence-corrected chi connectivity index (χ1v) is 10.7. The lowest BCUT2D eigenvalue weighted by Crippen LogP contribution is -2.23. The van der Waals surface area contributed by atoms with E-state index in [-0.39, 0.29) is 5.97 Å². The van der Waals surface area contributed by atoms with Gasteiger partial charge in [0.2, 0.25) is 0 Å². The van der Waals surface area contributed by atoms with E-state index < -0.39 is 5.60 Å². The maximum Gasteiger partial charge on any atom is 0.306 e. The quantitative estimate of drug-likeness (QED) is 0.528. The molecule has 28 heavy (non-hydrogen) atoms. The van der Waals surface area contributed by atoms with Gasteiger partial charge in [-0.15, -0.1) is 11.3 Å². The summed E-state index contributed by atoms with van der Waals surface area (Å²) in [7, 11) is 0. The number of thiophene rings is 1. The third-order valence-electron chi connectivity index (χ3n) is 4.42. The first-order valence-electron chi connectivity index (χ1n) is 9.84. The molecule has 0 N–H and O–H groups in total. The molecule has 3 heterocycles. The molecule has 0 saturated carbocycles. The van der Waals surface area contributed by atoms with Crippen LogP contribution in [0.1, 0.15) is 62.5 Å². The Hall–Kier alpha value is -2.21. The molecule has 0 aliphatic heterocycles. The van der Waals surface area contributed by atoms with Crippen LogP contribution in [0.4, 0.5) is 0 Å². The fourth-order valence-electron chi connectivity index (χ4n) is 3.34. The molecule has 6 heteroatoms. The molecular formula is C22H29N3O2S. The molecule has 5 nitrogen and oxygen atoms in total. The minimum absolute atomic E-state index is 0.127. The van der Waals surface area contributed by atoms with Gasteiger partial charge in [-0.2, -0.15) is 0 Å². The number of hydrogen-bond acceptors (Lipinski definition) is 5. The molecule has 0 aliphatic carbocycles. The summed E-state index contributed by atoms with van der Waals surface area (Å²) in [5.74, 6) is -0.127. The summed E-state index contributed by atoms with van der Waals surface area (Å²) < 4.78 is 7.56. The van der Waals surface area contributed by atoms with Crippen LogP contribution in [0.3, 0.4) is 0 Å². The highest BCUT2D eigenvalue weighted by Gasteiger charge is 2.18. The predicted octanol–water partition coefficient (Wildman–Crippen LogP) is 5.30.